The molecule has 2 aliphatic heterocycles. The number of aromatic nitrogens is 1. The van der Waals surface area contributed by atoms with Crippen molar-refractivity contribution in [3.63, 3.8) is 0 Å². The number of benzene rings is 2. The van der Waals surface area contributed by atoms with Crippen molar-refractivity contribution in [1.29, 1.82) is 0 Å². The molecule has 0 aliphatic carbocycles. The highest BCUT2D eigenvalue weighted by molar-refractivity contribution is 5.89. The first-order chi connectivity index (χ1) is 15.2. The summed E-state index contributed by atoms with van der Waals surface area (Å²) in [5.74, 6) is 0.553. The molecule has 3 heterocycles. The van der Waals surface area contributed by atoms with Crippen LogP contribution in [0.3, 0.4) is 0 Å². The van der Waals surface area contributed by atoms with E-state index < -0.39 is 11.7 Å². The summed E-state index contributed by atoms with van der Waals surface area (Å²) in [5.41, 5.74) is 3.25. The Balaban J connectivity index is 1.84. The molecule has 0 bridgehead atoms. The maximum atomic E-state index is 13.7. The number of aryl methyl sites for hydroxylation is 1. The van der Waals surface area contributed by atoms with Crippen molar-refractivity contribution in [2.24, 2.45) is 5.41 Å². The maximum absolute atomic E-state index is 13.7. The number of hydrogen-bond donors (Lipinski definition) is 0. The number of alkyl halides is 3. The van der Waals surface area contributed by atoms with E-state index in [-0.39, 0.29) is 17.5 Å². The minimum atomic E-state index is -4.47. The van der Waals surface area contributed by atoms with Gasteiger partial charge in [-0.1, -0.05) is 56.3 Å². The second-order valence-corrected chi connectivity index (χ2v) is 9.06. The molecule has 0 fully saturated rings. The van der Waals surface area contributed by atoms with Gasteiger partial charge in [-0.15, -0.1) is 6.58 Å². The fraction of sp³-hybridized carbons (Fsp3) is 0.269. The Bertz CT molecular complexity index is 1210. The fourth-order valence-electron chi connectivity index (χ4n) is 5.30. The van der Waals surface area contributed by atoms with Crippen molar-refractivity contribution in [3.05, 3.63) is 90.1 Å². The summed E-state index contributed by atoms with van der Waals surface area (Å²) in [5, 5.41) is 0. The normalized spacial score (nSPS) is 21.1. The average molecular weight is 435 g/mol. The molecule has 0 N–H and O–H groups in total. The Kier molecular flexibility index (Phi) is 4.42. The van der Waals surface area contributed by atoms with Crippen LogP contribution in [0.5, 0.6) is 0 Å². The molecule has 0 amide bonds. The molecule has 0 radical (unpaired) electrons. The van der Waals surface area contributed by atoms with E-state index in [1.54, 1.807) is 0 Å². The second kappa shape index (κ2) is 6.86. The zero-order chi connectivity index (χ0) is 22.8. The van der Waals surface area contributed by atoms with Crippen LogP contribution in [0, 0.1) is 12.3 Å². The molecule has 6 heteroatoms. The van der Waals surface area contributed by atoms with Crippen LogP contribution in [-0.4, -0.2) is 11.1 Å². The number of hydrogen-bond acceptors (Lipinski definition) is 3. The monoisotopic (exact) mass is 435 g/mol. The number of fused-ring (bicyclic) bond motifs is 5. The summed E-state index contributed by atoms with van der Waals surface area (Å²) in [6.45, 7) is 10.4. The van der Waals surface area contributed by atoms with Gasteiger partial charge in [0.1, 0.15) is 6.17 Å². The Hall–Kier alpha value is -3.28. The van der Waals surface area contributed by atoms with Crippen molar-refractivity contribution in [3.8, 4) is 0 Å². The first-order valence-corrected chi connectivity index (χ1v) is 10.6. The van der Waals surface area contributed by atoms with E-state index in [1.165, 1.54) is 6.07 Å². The minimum absolute atomic E-state index is 0.0165. The molecular formula is C26H24F3N3. The Morgan fingerprint density at radius 2 is 1.62 bits per heavy atom. The smallest absolute Gasteiger partial charge is 0.316 e. The van der Waals surface area contributed by atoms with E-state index in [4.69, 9.17) is 0 Å². The average Bonchev–Trinajstić information content (AvgIpc) is 3.09. The Labute approximate surface area is 185 Å². The van der Waals surface area contributed by atoms with Crippen molar-refractivity contribution < 1.29 is 13.2 Å². The molecule has 32 heavy (non-hydrogen) atoms. The predicted molar refractivity (Wildman–Crippen MR) is 122 cm³/mol. The molecule has 5 rings (SSSR count). The third kappa shape index (κ3) is 2.78. The van der Waals surface area contributed by atoms with Crippen LogP contribution in [0.1, 0.15) is 36.5 Å². The summed E-state index contributed by atoms with van der Waals surface area (Å²) < 4.78 is 41.0. The number of rotatable bonds is 2. The SMILES string of the molecule is C=CC1c2ccccc2N2c3ncc(C(F)(F)F)cc3N(c3ccccc3C)C2C1(C)C. The lowest BCUT2D eigenvalue weighted by Gasteiger charge is -2.51. The number of anilines is 4. The van der Waals surface area contributed by atoms with Gasteiger partial charge in [-0.2, -0.15) is 13.2 Å². The zero-order valence-corrected chi connectivity index (χ0v) is 18.2. The number of pyridine rings is 1. The van der Waals surface area contributed by atoms with Gasteiger partial charge >= 0.3 is 6.18 Å². The van der Waals surface area contributed by atoms with Gasteiger partial charge in [-0.3, -0.25) is 0 Å². The zero-order valence-electron chi connectivity index (χ0n) is 18.2. The van der Waals surface area contributed by atoms with Gasteiger partial charge < -0.3 is 9.80 Å². The number of allylic oxidation sites excluding steroid dienone is 1. The predicted octanol–water partition coefficient (Wildman–Crippen LogP) is 7.33. The molecule has 2 aliphatic rings. The molecule has 3 nitrogen and oxygen atoms in total. The van der Waals surface area contributed by atoms with Crippen LogP contribution in [0.15, 0.2) is 73.4 Å². The van der Waals surface area contributed by atoms with E-state index >= 15 is 0 Å². The third-order valence-corrected chi connectivity index (χ3v) is 6.76. The lowest BCUT2D eigenvalue weighted by atomic mass is 9.68. The van der Waals surface area contributed by atoms with Gasteiger partial charge in [0.15, 0.2) is 5.82 Å². The van der Waals surface area contributed by atoms with E-state index in [2.05, 4.69) is 36.4 Å². The van der Waals surface area contributed by atoms with Crippen LogP contribution >= 0.6 is 0 Å². The van der Waals surface area contributed by atoms with E-state index in [1.807, 2.05) is 60.4 Å². The summed E-state index contributed by atoms with van der Waals surface area (Å²) in [4.78, 5) is 8.49. The first kappa shape index (κ1) is 20.6. The van der Waals surface area contributed by atoms with E-state index in [9.17, 15) is 13.2 Å². The molecule has 164 valence electrons. The minimum Gasteiger partial charge on any atom is -0.316 e. The number of nitrogens with zero attached hydrogens (tertiary/aromatic N) is 3. The van der Waals surface area contributed by atoms with Gasteiger partial charge in [0, 0.05) is 28.9 Å². The van der Waals surface area contributed by atoms with E-state index in [0.717, 1.165) is 28.7 Å². The highest BCUT2D eigenvalue weighted by atomic mass is 19.4. The van der Waals surface area contributed by atoms with Crippen LogP contribution in [0.25, 0.3) is 0 Å². The molecule has 0 spiro atoms. The van der Waals surface area contributed by atoms with Gasteiger partial charge in [-0.25, -0.2) is 4.98 Å². The fourth-order valence-corrected chi connectivity index (χ4v) is 5.30. The summed E-state index contributed by atoms with van der Waals surface area (Å²) >= 11 is 0. The van der Waals surface area contributed by atoms with Crippen molar-refractivity contribution in [1.82, 2.24) is 4.98 Å². The molecule has 2 unspecified atom stereocenters. The van der Waals surface area contributed by atoms with Crippen LogP contribution < -0.4 is 9.80 Å². The lowest BCUT2D eigenvalue weighted by Crippen LogP contribution is -2.54. The molecule has 0 saturated heterocycles. The third-order valence-electron chi connectivity index (χ3n) is 6.76. The van der Waals surface area contributed by atoms with Gasteiger partial charge in [0.05, 0.1) is 11.3 Å². The largest absolute Gasteiger partial charge is 0.417 e. The molecular weight excluding hydrogens is 411 g/mol. The second-order valence-electron chi connectivity index (χ2n) is 9.06. The summed E-state index contributed by atoms with van der Waals surface area (Å²) in [6, 6.07) is 17.0. The molecule has 0 saturated carbocycles. The van der Waals surface area contributed by atoms with Gasteiger partial charge in [-0.05, 0) is 36.2 Å². The van der Waals surface area contributed by atoms with Crippen molar-refractivity contribution in [2.75, 3.05) is 9.80 Å². The highest BCUT2D eigenvalue weighted by Crippen LogP contribution is 2.60. The molecule has 3 aromatic rings. The topological polar surface area (TPSA) is 19.4 Å². The molecule has 1 aromatic heterocycles. The highest BCUT2D eigenvalue weighted by Gasteiger charge is 2.54. The van der Waals surface area contributed by atoms with Crippen LogP contribution in [0.4, 0.5) is 36.1 Å². The Morgan fingerprint density at radius 1 is 0.969 bits per heavy atom. The Morgan fingerprint density at radius 3 is 2.28 bits per heavy atom. The van der Waals surface area contributed by atoms with Crippen LogP contribution in [-0.2, 0) is 6.18 Å². The summed E-state index contributed by atoms with van der Waals surface area (Å²) in [7, 11) is 0. The van der Waals surface area contributed by atoms with E-state index in [0.29, 0.717) is 11.5 Å². The van der Waals surface area contributed by atoms with Gasteiger partial charge in [0.2, 0.25) is 0 Å². The maximum Gasteiger partial charge on any atom is 0.417 e. The quantitative estimate of drug-likeness (QED) is 0.393. The van der Waals surface area contributed by atoms with Gasteiger partial charge in [0.25, 0.3) is 0 Å². The summed E-state index contributed by atoms with van der Waals surface area (Å²) in [6.07, 6.45) is -1.86. The number of para-hydroxylation sites is 2. The molecule has 2 aromatic carbocycles. The number of halogens is 3. The standard InChI is InChI=1S/C26H24F3N3/c1-5-19-18-11-7-9-13-21(18)32-23-22(14-17(15-30-23)26(27,28)29)31(24(32)25(19,3)4)20-12-8-6-10-16(20)2/h5-15,19,24H,1H2,2-4H3. The van der Waals surface area contributed by atoms with Crippen molar-refractivity contribution in [2.45, 2.75) is 39.0 Å². The van der Waals surface area contributed by atoms with Crippen molar-refractivity contribution >= 4 is 22.9 Å². The lowest BCUT2D eigenvalue weighted by molar-refractivity contribution is -0.137. The molecule has 2 atom stereocenters. The first-order valence-electron chi connectivity index (χ1n) is 10.6. The van der Waals surface area contributed by atoms with Crippen LogP contribution in [0.2, 0.25) is 0 Å².